The van der Waals surface area contributed by atoms with Gasteiger partial charge in [-0.1, -0.05) is 83.1 Å². The van der Waals surface area contributed by atoms with E-state index in [9.17, 15) is 22.0 Å². The minimum absolute atomic E-state index is 0.168. The van der Waals surface area contributed by atoms with Gasteiger partial charge >= 0.3 is 6.36 Å². The molecule has 0 N–H and O–H groups in total. The van der Waals surface area contributed by atoms with Crippen LogP contribution in [-0.2, 0) is 6.42 Å². The van der Waals surface area contributed by atoms with Crippen LogP contribution in [0.15, 0.2) is 36.4 Å². The van der Waals surface area contributed by atoms with Crippen LogP contribution in [0.25, 0.3) is 11.1 Å². The molecule has 0 radical (unpaired) electrons. The highest BCUT2D eigenvalue weighted by Crippen LogP contribution is 2.35. The molecule has 1 atom stereocenters. The van der Waals surface area contributed by atoms with Crippen molar-refractivity contribution in [2.75, 3.05) is 0 Å². The predicted molar refractivity (Wildman–Crippen MR) is 121 cm³/mol. The maximum Gasteiger partial charge on any atom is 0.573 e. The number of hydrogen-bond acceptors (Lipinski definition) is 1. The van der Waals surface area contributed by atoms with E-state index in [0.29, 0.717) is 5.56 Å². The van der Waals surface area contributed by atoms with Crippen molar-refractivity contribution in [3.63, 3.8) is 0 Å². The van der Waals surface area contributed by atoms with Gasteiger partial charge in [-0.25, -0.2) is 8.78 Å². The van der Waals surface area contributed by atoms with E-state index in [1.54, 1.807) is 12.1 Å². The van der Waals surface area contributed by atoms with Gasteiger partial charge in [0.2, 0.25) is 5.75 Å². The van der Waals surface area contributed by atoms with Crippen molar-refractivity contribution in [2.24, 2.45) is 17.8 Å². The van der Waals surface area contributed by atoms with E-state index in [1.807, 2.05) is 12.1 Å². The molecule has 3 rings (SSSR count). The summed E-state index contributed by atoms with van der Waals surface area (Å²) in [6, 6.07) is 9.06. The van der Waals surface area contributed by atoms with Crippen LogP contribution < -0.4 is 4.74 Å². The third kappa shape index (κ3) is 7.72. The lowest BCUT2D eigenvalue weighted by Gasteiger charge is -2.29. The van der Waals surface area contributed by atoms with Gasteiger partial charge in [-0.3, -0.25) is 0 Å². The normalized spacial score (nSPS) is 20.0. The highest BCUT2D eigenvalue weighted by atomic mass is 19.4. The number of ether oxygens (including phenoxy) is 1. The summed E-state index contributed by atoms with van der Waals surface area (Å²) in [6.07, 6.45) is 6.09. The summed E-state index contributed by atoms with van der Waals surface area (Å²) in [5.41, 5.74) is 1.86. The zero-order chi connectivity index (χ0) is 24.0. The minimum Gasteiger partial charge on any atom is -0.399 e. The molecule has 6 heteroatoms. The smallest absolute Gasteiger partial charge is 0.399 e. The fraction of sp³-hybridized carbons (Fsp3) is 0.556. The van der Waals surface area contributed by atoms with Gasteiger partial charge < -0.3 is 4.74 Å². The third-order valence-corrected chi connectivity index (χ3v) is 7.08. The molecule has 1 aliphatic rings. The van der Waals surface area contributed by atoms with Crippen LogP contribution in [-0.4, -0.2) is 6.36 Å². The standard InChI is InChI=1S/C27H33F5O/c1-3-18(2)4-5-19-6-8-20(9-7-19)10-11-21-12-14-22(15-13-21)23-16-24(28)26(25(29)17-23)33-27(30,31)32/h12-20H,3-11H2,1-2H3. The average molecular weight is 469 g/mol. The molecule has 182 valence electrons. The zero-order valence-electron chi connectivity index (χ0n) is 19.4. The highest BCUT2D eigenvalue weighted by Gasteiger charge is 2.34. The second kappa shape index (κ2) is 11.3. The van der Waals surface area contributed by atoms with Crippen LogP contribution in [0, 0.1) is 29.4 Å². The fourth-order valence-electron chi connectivity index (χ4n) is 4.71. The van der Waals surface area contributed by atoms with Gasteiger partial charge in [-0.2, -0.15) is 0 Å². The van der Waals surface area contributed by atoms with Crippen LogP contribution in [0.5, 0.6) is 5.75 Å². The maximum absolute atomic E-state index is 14.0. The molecule has 0 bridgehead atoms. The molecular weight excluding hydrogens is 435 g/mol. The first-order valence-electron chi connectivity index (χ1n) is 12.0. The maximum atomic E-state index is 14.0. The van der Waals surface area contributed by atoms with E-state index in [2.05, 4.69) is 18.6 Å². The molecule has 0 amide bonds. The average Bonchev–Trinajstić information content (AvgIpc) is 2.78. The number of aryl methyl sites for hydroxylation is 1. The molecule has 1 nitrogen and oxygen atoms in total. The quantitative estimate of drug-likeness (QED) is 0.334. The largest absolute Gasteiger partial charge is 0.573 e. The lowest BCUT2D eigenvalue weighted by molar-refractivity contribution is -0.276. The Hall–Kier alpha value is -2.11. The molecule has 1 unspecified atom stereocenters. The van der Waals surface area contributed by atoms with Crippen molar-refractivity contribution in [3.8, 4) is 16.9 Å². The Bertz CT molecular complexity index is 859. The monoisotopic (exact) mass is 468 g/mol. The molecule has 0 aromatic heterocycles. The van der Waals surface area contributed by atoms with Gasteiger partial charge in [0.1, 0.15) is 0 Å². The molecule has 0 heterocycles. The fourth-order valence-corrected chi connectivity index (χ4v) is 4.71. The topological polar surface area (TPSA) is 9.23 Å². The van der Waals surface area contributed by atoms with Crippen LogP contribution >= 0.6 is 0 Å². The molecule has 0 aliphatic heterocycles. The summed E-state index contributed by atoms with van der Waals surface area (Å²) in [5, 5.41) is 0. The SMILES string of the molecule is CCC(C)CCC1CCC(CCc2ccc(-c3cc(F)c(OC(F)(F)F)c(F)c3)cc2)CC1. The second-order valence-corrected chi connectivity index (χ2v) is 9.53. The van der Waals surface area contributed by atoms with Crippen molar-refractivity contribution < 1.29 is 26.7 Å². The van der Waals surface area contributed by atoms with Crippen molar-refractivity contribution in [1.82, 2.24) is 0 Å². The number of hydrogen-bond donors (Lipinski definition) is 0. The summed E-state index contributed by atoms with van der Waals surface area (Å²) >= 11 is 0. The van der Waals surface area contributed by atoms with E-state index in [-0.39, 0.29) is 5.56 Å². The van der Waals surface area contributed by atoms with E-state index >= 15 is 0 Å². The molecule has 1 aliphatic carbocycles. The van der Waals surface area contributed by atoms with Crippen LogP contribution in [0.1, 0.15) is 70.8 Å². The van der Waals surface area contributed by atoms with Crippen molar-refractivity contribution in [3.05, 3.63) is 53.6 Å². The van der Waals surface area contributed by atoms with Crippen molar-refractivity contribution >= 4 is 0 Å². The highest BCUT2D eigenvalue weighted by molar-refractivity contribution is 5.65. The second-order valence-electron chi connectivity index (χ2n) is 9.53. The van der Waals surface area contributed by atoms with Gasteiger partial charge in [-0.05, 0) is 59.4 Å². The van der Waals surface area contributed by atoms with E-state index < -0.39 is 23.7 Å². The predicted octanol–water partition coefficient (Wildman–Crippen LogP) is 9.10. The molecule has 2 aromatic carbocycles. The van der Waals surface area contributed by atoms with Crippen molar-refractivity contribution in [2.45, 2.75) is 78.0 Å². The summed E-state index contributed by atoms with van der Waals surface area (Å²) in [6.45, 7) is 4.59. The molecular formula is C27H33F5O. The van der Waals surface area contributed by atoms with Crippen molar-refractivity contribution in [1.29, 1.82) is 0 Å². The minimum atomic E-state index is -5.16. The molecule has 1 fully saturated rings. The van der Waals surface area contributed by atoms with Gasteiger partial charge in [-0.15, -0.1) is 13.2 Å². The first-order valence-corrected chi connectivity index (χ1v) is 12.0. The molecule has 2 aromatic rings. The Labute approximate surface area is 193 Å². The molecule has 0 saturated heterocycles. The Morgan fingerprint density at radius 2 is 1.42 bits per heavy atom. The lowest BCUT2D eigenvalue weighted by atomic mass is 9.77. The van der Waals surface area contributed by atoms with Gasteiger partial charge in [0.15, 0.2) is 11.6 Å². The van der Waals surface area contributed by atoms with Crippen LogP contribution in [0.4, 0.5) is 22.0 Å². The molecule has 33 heavy (non-hydrogen) atoms. The van der Waals surface area contributed by atoms with E-state index in [0.717, 1.165) is 48.3 Å². The van der Waals surface area contributed by atoms with E-state index in [1.165, 1.54) is 44.9 Å². The zero-order valence-corrected chi connectivity index (χ0v) is 19.4. The number of rotatable bonds is 9. The summed E-state index contributed by atoms with van der Waals surface area (Å²) < 4.78 is 68.4. The number of benzene rings is 2. The van der Waals surface area contributed by atoms with Gasteiger partial charge in [0, 0.05) is 0 Å². The summed E-state index contributed by atoms with van der Waals surface area (Å²) in [4.78, 5) is 0. The van der Waals surface area contributed by atoms with Gasteiger partial charge in [0.25, 0.3) is 0 Å². The van der Waals surface area contributed by atoms with Crippen LogP contribution in [0.2, 0.25) is 0 Å². The summed E-state index contributed by atoms with van der Waals surface area (Å²) in [5.74, 6) is -1.75. The molecule has 1 saturated carbocycles. The van der Waals surface area contributed by atoms with Crippen LogP contribution in [0.3, 0.4) is 0 Å². The number of alkyl halides is 3. The lowest BCUT2D eigenvalue weighted by Crippen LogP contribution is -2.19. The first kappa shape index (κ1) is 25.5. The number of halogens is 5. The Balaban J connectivity index is 1.51. The van der Waals surface area contributed by atoms with Gasteiger partial charge in [0.05, 0.1) is 0 Å². The third-order valence-electron chi connectivity index (χ3n) is 7.08. The Morgan fingerprint density at radius 1 is 0.879 bits per heavy atom. The first-order chi connectivity index (χ1) is 15.6. The summed E-state index contributed by atoms with van der Waals surface area (Å²) in [7, 11) is 0. The Kier molecular flexibility index (Phi) is 8.77. The Morgan fingerprint density at radius 3 is 1.94 bits per heavy atom. The van der Waals surface area contributed by atoms with E-state index in [4.69, 9.17) is 0 Å². The molecule has 0 spiro atoms.